The number of carboxylic acids is 1. The molecule has 0 bridgehead atoms. The van der Waals surface area contributed by atoms with Crippen molar-refractivity contribution in [2.45, 2.75) is 20.3 Å². The lowest BCUT2D eigenvalue weighted by Crippen LogP contribution is -1.98. The van der Waals surface area contributed by atoms with Gasteiger partial charge in [-0.05, 0) is 37.6 Å². The Balaban J connectivity index is 2.22. The van der Waals surface area contributed by atoms with Crippen molar-refractivity contribution in [3.8, 4) is 17.2 Å². The maximum Gasteiger partial charge on any atom is 0.358 e. The molecule has 0 saturated heterocycles. The second kappa shape index (κ2) is 5.56. The molecule has 0 saturated carbocycles. The van der Waals surface area contributed by atoms with Gasteiger partial charge in [0.25, 0.3) is 0 Å². The van der Waals surface area contributed by atoms with Crippen LogP contribution in [-0.4, -0.2) is 22.7 Å². The van der Waals surface area contributed by atoms with Gasteiger partial charge < -0.3 is 14.3 Å². The molecule has 0 amide bonds. The normalized spacial score (nSPS) is 10.4. The maximum atomic E-state index is 10.9. The Hall–Kier alpha value is -2.30. The van der Waals surface area contributed by atoms with Crippen molar-refractivity contribution in [1.29, 1.82) is 0 Å². The molecule has 5 nitrogen and oxygen atoms in total. The van der Waals surface area contributed by atoms with Crippen molar-refractivity contribution in [2.24, 2.45) is 0 Å². The van der Waals surface area contributed by atoms with Crippen molar-refractivity contribution >= 4 is 5.97 Å². The van der Waals surface area contributed by atoms with Gasteiger partial charge >= 0.3 is 5.97 Å². The number of hydrogen-bond donors (Lipinski definition) is 1. The molecule has 0 spiro atoms. The lowest BCUT2D eigenvalue weighted by molar-refractivity contribution is 0.0689. The Bertz CT molecular complexity index is 572. The molecule has 0 aliphatic carbocycles. The molecule has 19 heavy (non-hydrogen) atoms. The van der Waals surface area contributed by atoms with Crippen molar-refractivity contribution in [3.63, 3.8) is 0 Å². The van der Waals surface area contributed by atoms with Crippen molar-refractivity contribution in [3.05, 3.63) is 35.7 Å². The van der Waals surface area contributed by atoms with E-state index in [4.69, 9.17) is 14.3 Å². The van der Waals surface area contributed by atoms with Crippen LogP contribution in [-0.2, 0) is 0 Å². The summed E-state index contributed by atoms with van der Waals surface area (Å²) in [5, 5.41) is 8.92. The fraction of sp³-hybridized carbons (Fsp3) is 0.286. The molecular weight excluding hydrogens is 246 g/mol. The summed E-state index contributed by atoms with van der Waals surface area (Å²) < 4.78 is 10.8. The van der Waals surface area contributed by atoms with E-state index in [9.17, 15) is 4.79 Å². The molecular formula is C14H15NO4. The van der Waals surface area contributed by atoms with Crippen LogP contribution in [0, 0.1) is 6.92 Å². The highest BCUT2D eigenvalue weighted by atomic mass is 16.5. The Labute approximate surface area is 110 Å². The number of nitrogens with zero attached hydrogens (tertiary/aromatic N) is 1. The third-order valence-electron chi connectivity index (χ3n) is 2.57. The summed E-state index contributed by atoms with van der Waals surface area (Å²) in [4.78, 5) is 14.9. The molecule has 0 aliphatic heterocycles. The monoisotopic (exact) mass is 261 g/mol. The number of hydrogen-bond acceptors (Lipinski definition) is 4. The summed E-state index contributed by atoms with van der Waals surface area (Å²) in [6.45, 7) is 4.29. The van der Waals surface area contributed by atoms with E-state index in [0.29, 0.717) is 18.3 Å². The van der Waals surface area contributed by atoms with Gasteiger partial charge in [0.15, 0.2) is 5.69 Å². The minimum Gasteiger partial charge on any atom is -0.494 e. The topological polar surface area (TPSA) is 72.6 Å². The number of oxazole rings is 1. The number of rotatable bonds is 5. The van der Waals surface area contributed by atoms with E-state index < -0.39 is 5.97 Å². The van der Waals surface area contributed by atoms with Crippen LogP contribution in [0.15, 0.2) is 28.7 Å². The molecule has 0 aliphatic rings. The molecule has 1 aromatic carbocycles. The van der Waals surface area contributed by atoms with E-state index in [1.165, 1.54) is 0 Å². The number of aromatic carboxylic acids is 1. The molecule has 2 rings (SSSR count). The number of carboxylic acid groups (broad SMARTS) is 1. The average molecular weight is 261 g/mol. The Kier molecular flexibility index (Phi) is 3.85. The molecule has 0 radical (unpaired) electrons. The van der Waals surface area contributed by atoms with Crippen LogP contribution < -0.4 is 4.74 Å². The zero-order valence-electron chi connectivity index (χ0n) is 10.8. The molecule has 0 unspecified atom stereocenters. The molecule has 0 fully saturated rings. The summed E-state index contributed by atoms with van der Waals surface area (Å²) in [7, 11) is 0. The molecule has 100 valence electrons. The highest BCUT2D eigenvalue weighted by molar-refractivity contribution is 5.87. The van der Waals surface area contributed by atoms with Gasteiger partial charge in [0.1, 0.15) is 11.5 Å². The van der Waals surface area contributed by atoms with Crippen LogP contribution in [0.5, 0.6) is 5.75 Å². The predicted octanol–water partition coefficient (Wildman–Crippen LogP) is 3.14. The van der Waals surface area contributed by atoms with E-state index in [-0.39, 0.29) is 5.69 Å². The smallest absolute Gasteiger partial charge is 0.358 e. The number of aryl methyl sites for hydroxylation is 1. The first-order valence-electron chi connectivity index (χ1n) is 6.05. The first-order chi connectivity index (χ1) is 9.11. The second-order valence-electron chi connectivity index (χ2n) is 4.10. The fourth-order valence-electron chi connectivity index (χ4n) is 1.63. The third-order valence-corrected chi connectivity index (χ3v) is 2.57. The van der Waals surface area contributed by atoms with Gasteiger partial charge in [0.05, 0.1) is 6.61 Å². The van der Waals surface area contributed by atoms with Crippen molar-refractivity contribution < 1.29 is 19.1 Å². The van der Waals surface area contributed by atoms with Crippen molar-refractivity contribution in [2.75, 3.05) is 6.61 Å². The largest absolute Gasteiger partial charge is 0.494 e. The van der Waals surface area contributed by atoms with Crippen LogP contribution in [0.1, 0.15) is 29.6 Å². The van der Waals surface area contributed by atoms with Crippen LogP contribution in [0.3, 0.4) is 0 Å². The standard InChI is InChI=1S/C14H15NO4/c1-3-8-18-11-6-4-10(5-7-11)13-15-12(14(16)17)9(2)19-13/h4-7H,3,8H2,1-2H3,(H,16,17). The SMILES string of the molecule is CCCOc1ccc(-c2nc(C(=O)O)c(C)o2)cc1. The van der Waals surface area contributed by atoms with Crippen molar-refractivity contribution in [1.82, 2.24) is 4.98 Å². The van der Waals surface area contributed by atoms with Gasteiger partial charge in [0, 0.05) is 5.56 Å². The maximum absolute atomic E-state index is 10.9. The first-order valence-corrected chi connectivity index (χ1v) is 6.05. The van der Waals surface area contributed by atoms with Crippen LogP contribution in [0.2, 0.25) is 0 Å². The Morgan fingerprint density at radius 2 is 2.05 bits per heavy atom. The summed E-state index contributed by atoms with van der Waals surface area (Å²) >= 11 is 0. The van der Waals surface area contributed by atoms with E-state index in [2.05, 4.69) is 4.98 Å². The Morgan fingerprint density at radius 3 is 2.58 bits per heavy atom. The molecule has 2 aromatic rings. The molecule has 5 heteroatoms. The molecule has 0 atom stereocenters. The number of aromatic nitrogens is 1. The number of ether oxygens (including phenoxy) is 1. The highest BCUT2D eigenvalue weighted by Crippen LogP contribution is 2.24. The van der Waals surface area contributed by atoms with Gasteiger partial charge in [-0.3, -0.25) is 0 Å². The van der Waals surface area contributed by atoms with Gasteiger partial charge in [0.2, 0.25) is 5.89 Å². The predicted molar refractivity (Wildman–Crippen MR) is 69.4 cm³/mol. The fourth-order valence-corrected chi connectivity index (χ4v) is 1.63. The zero-order valence-corrected chi connectivity index (χ0v) is 10.8. The summed E-state index contributed by atoms with van der Waals surface area (Å²) in [6.07, 6.45) is 0.947. The van der Waals surface area contributed by atoms with E-state index in [1.807, 2.05) is 19.1 Å². The van der Waals surface area contributed by atoms with E-state index in [1.54, 1.807) is 19.1 Å². The first kappa shape index (κ1) is 13.1. The summed E-state index contributed by atoms with van der Waals surface area (Å²) in [6, 6.07) is 7.21. The Morgan fingerprint density at radius 1 is 1.37 bits per heavy atom. The van der Waals surface area contributed by atoms with E-state index >= 15 is 0 Å². The summed E-state index contributed by atoms with van der Waals surface area (Å²) in [5.41, 5.74) is 0.667. The van der Waals surface area contributed by atoms with E-state index in [0.717, 1.165) is 17.7 Å². The lowest BCUT2D eigenvalue weighted by atomic mass is 10.2. The van der Waals surface area contributed by atoms with Crippen LogP contribution in [0.4, 0.5) is 0 Å². The minimum absolute atomic E-state index is 0.0543. The van der Waals surface area contributed by atoms with Gasteiger partial charge in [-0.15, -0.1) is 0 Å². The van der Waals surface area contributed by atoms with Crippen LogP contribution >= 0.6 is 0 Å². The van der Waals surface area contributed by atoms with Gasteiger partial charge in [-0.25, -0.2) is 9.78 Å². The summed E-state index contributed by atoms with van der Waals surface area (Å²) in [5.74, 6) is 0.286. The molecule has 1 heterocycles. The minimum atomic E-state index is -1.09. The number of carbonyl (C=O) groups is 1. The molecule has 1 aromatic heterocycles. The van der Waals surface area contributed by atoms with Crippen LogP contribution in [0.25, 0.3) is 11.5 Å². The molecule has 1 N–H and O–H groups in total. The van der Waals surface area contributed by atoms with Gasteiger partial charge in [-0.2, -0.15) is 0 Å². The average Bonchev–Trinajstić information content (AvgIpc) is 2.79. The second-order valence-corrected chi connectivity index (χ2v) is 4.10. The quantitative estimate of drug-likeness (QED) is 0.895. The zero-order chi connectivity index (χ0) is 13.8. The highest BCUT2D eigenvalue weighted by Gasteiger charge is 2.16. The lowest BCUT2D eigenvalue weighted by Gasteiger charge is -2.04. The third kappa shape index (κ3) is 2.93. The van der Waals surface area contributed by atoms with Gasteiger partial charge in [-0.1, -0.05) is 6.92 Å². The number of benzene rings is 1.